The van der Waals surface area contributed by atoms with Gasteiger partial charge in [0.2, 0.25) is 0 Å². The van der Waals surface area contributed by atoms with Crippen molar-refractivity contribution in [1.82, 2.24) is 0 Å². The van der Waals surface area contributed by atoms with Crippen molar-refractivity contribution in [3.05, 3.63) is 235 Å². The molecule has 0 saturated carbocycles. The molecule has 2 heteroatoms. The maximum Gasteiger partial charge on any atom is 0.250 e. The molecule has 9 aromatic rings. The maximum absolute atomic E-state index is 9.23. The Labute approximate surface area is 354 Å². The van der Waals surface area contributed by atoms with Crippen molar-refractivity contribution in [3.8, 4) is 66.8 Å². The molecule has 0 N–H and O–H groups in total. The fourth-order valence-corrected chi connectivity index (χ4v) is 15.7. The van der Waals surface area contributed by atoms with Gasteiger partial charge in [-0.2, -0.15) is 0 Å². The lowest BCUT2D eigenvalue weighted by atomic mass is 9.95. The SMILES string of the molecule is Cc1cc(-c2ccccc2)cc(-c2ccccc2)c1[Si](Cl)(c1c(C)cc(-c2ccccc2)cc1-c1ccccc1)c1c(C)cc(-c2ccccc2)cc1-c1ccccc1. The number of aryl methyl sites for hydroxylation is 3. The van der Waals surface area contributed by atoms with Gasteiger partial charge in [-0.1, -0.05) is 200 Å². The van der Waals surface area contributed by atoms with Gasteiger partial charge in [-0.05, 0) is 138 Å². The van der Waals surface area contributed by atoms with Crippen LogP contribution in [0.5, 0.6) is 0 Å². The summed E-state index contributed by atoms with van der Waals surface area (Å²) in [6, 6.07) is 79.1. The van der Waals surface area contributed by atoms with Crippen molar-refractivity contribution in [2.24, 2.45) is 0 Å². The molecule has 284 valence electrons. The van der Waals surface area contributed by atoms with Crippen LogP contribution in [0.15, 0.2) is 218 Å². The summed E-state index contributed by atoms with van der Waals surface area (Å²) in [5.41, 5.74) is 17.6. The molecular weight excluding hydrogens is 748 g/mol. The summed E-state index contributed by atoms with van der Waals surface area (Å²) >= 11 is 9.23. The van der Waals surface area contributed by atoms with Gasteiger partial charge in [0.25, 0.3) is 7.38 Å². The molecule has 0 heterocycles. The molecule has 0 aromatic heterocycles. The van der Waals surface area contributed by atoms with E-state index >= 15 is 0 Å². The number of halogens is 1. The Bertz CT molecular complexity index is 2550. The lowest BCUT2D eigenvalue weighted by Crippen LogP contribution is -2.66. The molecule has 59 heavy (non-hydrogen) atoms. The third kappa shape index (κ3) is 7.29. The van der Waals surface area contributed by atoms with Gasteiger partial charge in [-0.3, -0.25) is 0 Å². The normalized spacial score (nSPS) is 11.4. The van der Waals surface area contributed by atoms with Crippen LogP contribution in [-0.2, 0) is 0 Å². The number of benzene rings is 9. The number of hydrogen-bond acceptors (Lipinski definition) is 0. The van der Waals surface area contributed by atoms with Crippen molar-refractivity contribution >= 4 is 34.0 Å². The number of rotatable bonds is 9. The summed E-state index contributed by atoms with van der Waals surface area (Å²) in [6.45, 7) is 6.85. The Balaban J connectivity index is 1.47. The molecule has 9 aromatic carbocycles. The van der Waals surface area contributed by atoms with Gasteiger partial charge >= 0.3 is 0 Å². The molecule has 0 radical (unpaired) electrons. The zero-order valence-electron chi connectivity index (χ0n) is 33.7. The fraction of sp³-hybridized carbons (Fsp3) is 0.0526. The average molecular weight is 794 g/mol. The smallest absolute Gasteiger partial charge is 0.149 e. The quantitative estimate of drug-likeness (QED) is 0.0776. The topological polar surface area (TPSA) is 0 Å². The summed E-state index contributed by atoms with van der Waals surface area (Å²) in [5, 5.41) is 3.64. The van der Waals surface area contributed by atoms with Crippen molar-refractivity contribution in [1.29, 1.82) is 0 Å². The molecule has 0 amide bonds. The molecule has 0 saturated heterocycles. The van der Waals surface area contributed by atoms with Gasteiger partial charge < -0.3 is 0 Å². The molecule has 0 spiro atoms. The Morgan fingerprint density at radius 3 is 0.678 bits per heavy atom. The van der Waals surface area contributed by atoms with Crippen LogP contribution in [0.1, 0.15) is 16.7 Å². The molecule has 0 atom stereocenters. The maximum atomic E-state index is 9.23. The zero-order valence-corrected chi connectivity index (χ0v) is 35.4. The van der Waals surface area contributed by atoms with Gasteiger partial charge in [-0.25, -0.2) is 0 Å². The third-order valence-electron chi connectivity index (χ3n) is 11.6. The van der Waals surface area contributed by atoms with Crippen LogP contribution in [0.2, 0.25) is 0 Å². The molecule has 0 aliphatic heterocycles. The van der Waals surface area contributed by atoms with Crippen LogP contribution >= 0.6 is 11.1 Å². The van der Waals surface area contributed by atoms with E-state index in [9.17, 15) is 11.1 Å². The van der Waals surface area contributed by atoms with Gasteiger partial charge in [0.05, 0.1) is 0 Å². The first-order valence-corrected chi connectivity index (χ1v) is 23.4. The van der Waals surface area contributed by atoms with E-state index in [1.165, 1.54) is 82.3 Å². The van der Waals surface area contributed by atoms with Crippen LogP contribution in [0.4, 0.5) is 0 Å². The van der Waals surface area contributed by atoms with E-state index in [2.05, 4.69) is 239 Å². The van der Waals surface area contributed by atoms with Gasteiger partial charge in [0.15, 0.2) is 0 Å². The van der Waals surface area contributed by atoms with Crippen molar-refractivity contribution in [3.63, 3.8) is 0 Å². The largest absolute Gasteiger partial charge is 0.250 e. The van der Waals surface area contributed by atoms with E-state index in [1.807, 2.05) is 0 Å². The minimum Gasteiger partial charge on any atom is -0.149 e. The van der Waals surface area contributed by atoms with Crippen LogP contribution in [0.25, 0.3) is 66.8 Å². The van der Waals surface area contributed by atoms with Crippen LogP contribution in [0, 0.1) is 20.8 Å². The molecule has 0 aliphatic carbocycles. The van der Waals surface area contributed by atoms with E-state index < -0.39 is 7.38 Å². The summed E-state index contributed by atoms with van der Waals surface area (Å²) in [7, 11) is -3.59. The van der Waals surface area contributed by atoms with E-state index in [0.29, 0.717) is 0 Å². The first-order valence-electron chi connectivity index (χ1n) is 20.4. The highest BCUT2D eigenvalue weighted by atomic mass is 35.6. The Morgan fingerprint density at radius 2 is 0.458 bits per heavy atom. The van der Waals surface area contributed by atoms with Crippen molar-refractivity contribution in [2.45, 2.75) is 20.8 Å². The van der Waals surface area contributed by atoms with E-state index in [4.69, 9.17) is 0 Å². The minimum absolute atomic E-state index is 1.15. The third-order valence-corrected chi connectivity index (χ3v) is 17.4. The fourth-order valence-electron chi connectivity index (χ4n) is 9.04. The van der Waals surface area contributed by atoms with Gasteiger partial charge in [0.1, 0.15) is 0 Å². The molecule has 0 bridgehead atoms. The monoisotopic (exact) mass is 792 g/mol. The molecule has 0 fully saturated rings. The van der Waals surface area contributed by atoms with E-state index in [0.717, 1.165) is 16.7 Å². The predicted molar refractivity (Wildman–Crippen MR) is 257 cm³/mol. The number of hydrogen-bond donors (Lipinski definition) is 0. The highest BCUT2D eigenvalue weighted by Gasteiger charge is 2.47. The molecule has 9 rings (SSSR count). The van der Waals surface area contributed by atoms with Gasteiger partial charge in [0, 0.05) is 0 Å². The Morgan fingerprint density at radius 1 is 0.254 bits per heavy atom. The highest BCUT2D eigenvalue weighted by Crippen LogP contribution is 2.38. The lowest BCUT2D eigenvalue weighted by molar-refractivity contribution is 1.45. The molecular formula is C57H45ClSi. The molecule has 0 nitrogen and oxygen atoms in total. The summed E-state index contributed by atoms with van der Waals surface area (Å²) in [4.78, 5) is 0. The summed E-state index contributed by atoms with van der Waals surface area (Å²) in [6.07, 6.45) is 0. The average Bonchev–Trinajstić information content (AvgIpc) is 3.29. The molecule has 0 aliphatic rings. The summed E-state index contributed by atoms with van der Waals surface area (Å²) < 4.78 is 0. The minimum atomic E-state index is -3.59. The zero-order chi connectivity index (χ0) is 40.3. The summed E-state index contributed by atoms with van der Waals surface area (Å²) in [5.74, 6) is 0. The lowest BCUT2D eigenvalue weighted by Gasteiger charge is -2.37. The van der Waals surface area contributed by atoms with Crippen LogP contribution in [0.3, 0.4) is 0 Å². The first kappa shape index (κ1) is 38.0. The second kappa shape index (κ2) is 16.4. The van der Waals surface area contributed by atoms with Gasteiger partial charge in [-0.15, -0.1) is 11.1 Å². The Hall–Kier alpha value is -6.51. The predicted octanol–water partition coefficient (Wildman–Crippen LogP) is 13.8. The highest BCUT2D eigenvalue weighted by molar-refractivity contribution is 7.41. The van der Waals surface area contributed by atoms with Crippen LogP contribution < -0.4 is 15.6 Å². The second-order valence-electron chi connectivity index (χ2n) is 15.5. The van der Waals surface area contributed by atoms with Crippen molar-refractivity contribution in [2.75, 3.05) is 0 Å². The standard InChI is InChI=1S/C57H45ClSi/c1-40-34-49(43-22-10-4-11-23-43)37-52(46-28-16-7-17-29-46)55(40)59(58,56-41(2)35-50(44-24-12-5-13-25-44)38-53(56)47-30-18-8-19-31-47)57-42(3)36-51(45-26-14-6-15-27-45)39-54(57)48-32-20-9-21-33-48/h4-39H,1-3H3. The first-order chi connectivity index (χ1) is 28.9. The Kier molecular flexibility index (Phi) is 10.6. The molecule has 0 unspecified atom stereocenters. The van der Waals surface area contributed by atoms with Crippen molar-refractivity contribution < 1.29 is 0 Å². The second-order valence-corrected chi connectivity index (χ2v) is 20.0. The van der Waals surface area contributed by atoms with E-state index in [1.54, 1.807) is 0 Å². The van der Waals surface area contributed by atoms with Crippen LogP contribution in [-0.4, -0.2) is 7.38 Å². The van der Waals surface area contributed by atoms with E-state index in [-0.39, 0.29) is 0 Å².